The van der Waals surface area contributed by atoms with Crippen LogP contribution in [0, 0.1) is 5.82 Å². The van der Waals surface area contributed by atoms with Crippen molar-refractivity contribution in [1.29, 1.82) is 0 Å². The first-order valence-corrected chi connectivity index (χ1v) is 9.79. The molecule has 2 aromatic heterocycles. The van der Waals surface area contributed by atoms with Crippen LogP contribution in [0.3, 0.4) is 0 Å². The largest absolute Gasteiger partial charge is 0.497 e. The first-order valence-electron chi connectivity index (χ1n) is 9.79. The summed E-state index contributed by atoms with van der Waals surface area (Å²) in [6, 6.07) is 13.6. The zero-order valence-electron chi connectivity index (χ0n) is 16.7. The lowest BCUT2D eigenvalue weighted by atomic mass is 9.92. The van der Waals surface area contributed by atoms with E-state index in [-0.39, 0.29) is 17.8 Å². The maximum Gasteiger partial charge on any atom is 0.272 e. The molecule has 0 radical (unpaired) electrons. The molecule has 2 aromatic carbocycles. The first-order chi connectivity index (χ1) is 14.6. The highest BCUT2D eigenvalue weighted by molar-refractivity contribution is 5.94. The van der Waals surface area contributed by atoms with Crippen LogP contribution in [0.2, 0.25) is 0 Å². The lowest BCUT2D eigenvalue weighted by Gasteiger charge is -2.36. The van der Waals surface area contributed by atoms with Gasteiger partial charge in [0.05, 0.1) is 13.2 Å². The fourth-order valence-corrected chi connectivity index (χ4v) is 4.34. The minimum Gasteiger partial charge on any atom is -0.497 e. The van der Waals surface area contributed by atoms with E-state index in [1.807, 2.05) is 23.1 Å². The van der Waals surface area contributed by atoms with E-state index in [1.165, 1.54) is 12.1 Å². The summed E-state index contributed by atoms with van der Waals surface area (Å²) in [4.78, 5) is 18.8. The van der Waals surface area contributed by atoms with Crippen LogP contribution in [0.1, 0.15) is 33.4 Å². The highest BCUT2D eigenvalue weighted by Gasteiger charge is 2.35. The van der Waals surface area contributed by atoms with E-state index in [0.29, 0.717) is 18.7 Å². The number of carbonyl (C=O) groups excluding carboxylic acids is 1. The van der Waals surface area contributed by atoms with Gasteiger partial charge in [-0.05, 0) is 53.9 Å². The summed E-state index contributed by atoms with van der Waals surface area (Å²) in [6.45, 7) is 0.545. The van der Waals surface area contributed by atoms with Crippen LogP contribution in [0.5, 0.6) is 5.75 Å². The molecule has 30 heavy (non-hydrogen) atoms. The Morgan fingerprint density at radius 2 is 2.00 bits per heavy atom. The molecule has 3 heterocycles. The van der Waals surface area contributed by atoms with Crippen LogP contribution in [0.25, 0.3) is 10.9 Å². The molecule has 6 nitrogen and oxygen atoms in total. The fraction of sp³-hybridized carbons (Fsp3) is 0.217. The van der Waals surface area contributed by atoms with E-state index < -0.39 is 0 Å². The van der Waals surface area contributed by atoms with Gasteiger partial charge in [0.1, 0.15) is 17.3 Å². The van der Waals surface area contributed by atoms with Gasteiger partial charge in [0.15, 0.2) is 0 Å². The summed E-state index contributed by atoms with van der Waals surface area (Å²) in [7, 11) is 3.40. The molecule has 0 fully saturated rings. The smallest absolute Gasteiger partial charge is 0.272 e. The average Bonchev–Trinajstić information content (AvgIpc) is 3.36. The van der Waals surface area contributed by atoms with Gasteiger partial charge in [-0.15, -0.1) is 0 Å². The number of hydrogen-bond acceptors (Lipinski definition) is 3. The van der Waals surface area contributed by atoms with Gasteiger partial charge < -0.3 is 14.6 Å². The van der Waals surface area contributed by atoms with E-state index in [2.05, 4.69) is 10.1 Å². The third-order valence-electron chi connectivity index (χ3n) is 5.82. The molecule has 0 spiro atoms. The van der Waals surface area contributed by atoms with Crippen LogP contribution in [-0.2, 0) is 13.5 Å². The highest BCUT2D eigenvalue weighted by atomic mass is 19.1. The number of aromatic nitrogens is 3. The van der Waals surface area contributed by atoms with Gasteiger partial charge in [0, 0.05) is 36.4 Å². The Morgan fingerprint density at radius 3 is 2.70 bits per heavy atom. The summed E-state index contributed by atoms with van der Waals surface area (Å²) >= 11 is 0. The third kappa shape index (κ3) is 2.85. The van der Waals surface area contributed by atoms with Crippen LogP contribution in [0.4, 0.5) is 4.39 Å². The zero-order chi connectivity index (χ0) is 20.8. The Morgan fingerprint density at radius 1 is 1.20 bits per heavy atom. The summed E-state index contributed by atoms with van der Waals surface area (Å²) in [5.41, 5.74) is 4.47. The number of H-pyrrole nitrogens is 1. The molecule has 0 saturated carbocycles. The van der Waals surface area contributed by atoms with Crippen molar-refractivity contribution in [2.45, 2.75) is 12.5 Å². The molecule has 7 heteroatoms. The first kappa shape index (κ1) is 18.4. The monoisotopic (exact) mass is 404 g/mol. The van der Waals surface area contributed by atoms with E-state index in [9.17, 15) is 9.18 Å². The topological polar surface area (TPSA) is 63.1 Å². The molecule has 1 aliphatic rings. The predicted molar refractivity (Wildman–Crippen MR) is 111 cm³/mol. The van der Waals surface area contributed by atoms with Crippen LogP contribution >= 0.6 is 0 Å². The maximum absolute atomic E-state index is 13.6. The van der Waals surface area contributed by atoms with E-state index in [4.69, 9.17) is 4.74 Å². The van der Waals surface area contributed by atoms with Gasteiger partial charge in [-0.2, -0.15) is 5.10 Å². The van der Waals surface area contributed by atoms with Gasteiger partial charge >= 0.3 is 0 Å². The Kier molecular flexibility index (Phi) is 4.31. The Hall–Kier alpha value is -3.61. The average molecular weight is 404 g/mol. The maximum atomic E-state index is 13.6. The molecule has 0 bridgehead atoms. The number of benzene rings is 2. The number of carbonyl (C=O) groups is 1. The number of aromatic amines is 1. The summed E-state index contributed by atoms with van der Waals surface area (Å²) in [5, 5.41) is 5.23. The number of aryl methyl sites for hydroxylation is 1. The quantitative estimate of drug-likeness (QED) is 0.564. The van der Waals surface area contributed by atoms with E-state index in [1.54, 1.807) is 43.2 Å². The molecule has 152 valence electrons. The molecular weight excluding hydrogens is 383 g/mol. The van der Waals surface area contributed by atoms with Gasteiger partial charge in [0.2, 0.25) is 0 Å². The summed E-state index contributed by atoms with van der Waals surface area (Å²) in [5.74, 6) is 0.378. The molecule has 1 aliphatic heterocycles. The number of rotatable bonds is 3. The zero-order valence-corrected chi connectivity index (χ0v) is 16.7. The van der Waals surface area contributed by atoms with E-state index in [0.717, 1.165) is 33.5 Å². The molecule has 4 aromatic rings. The molecule has 0 saturated heterocycles. The van der Waals surface area contributed by atoms with Crippen LogP contribution < -0.4 is 4.74 Å². The van der Waals surface area contributed by atoms with Gasteiger partial charge in [0.25, 0.3) is 5.91 Å². The Labute approximate surface area is 172 Å². The van der Waals surface area contributed by atoms with Crippen molar-refractivity contribution in [2.24, 2.45) is 7.05 Å². The van der Waals surface area contributed by atoms with Gasteiger partial charge in [-0.25, -0.2) is 4.39 Å². The Balaban J connectivity index is 1.68. The second-order valence-electron chi connectivity index (χ2n) is 7.47. The number of nitrogens with one attached hydrogen (secondary N) is 1. The van der Waals surface area contributed by atoms with Crippen molar-refractivity contribution < 1.29 is 13.9 Å². The SMILES string of the molecule is COc1ccc2[nH]c3c(c2c1)CCN(C(=O)c1ccnn1C)[C@@H]3c1ccc(F)cc1. The summed E-state index contributed by atoms with van der Waals surface area (Å²) in [6.07, 6.45) is 2.33. The molecule has 1 atom stereocenters. The van der Waals surface area contributed by atoms with Gasteiger partial charge in [-0.1, -0.05) is 12.1 Å². The number of amides is 1. The number of fused-ring (bicyclic) bond motifs is 3. The lowest BCUT2D eigenvalue weighted by molar-refractivity contribution is 0.0680. The normalized spacial score (nSPS) is 16.0. The number of ether oxygens (including phenoxy) is 1. The van der Waals surface area contributed by atoms with Crippen molar-refractivity contribution in [1.82, 2.24) is 19.7 Å². The second-order valence-corrected chi connectivity index (χ2v) is 7.47. The van der Waals surface area contributed by atoms with Crippen molar-refractivity contribution in [3.8, 4) is 5.75 Å². The molecular formula is C23H21FN4O2. The van der Waals surface area contributed by atoms with E-state index >= 15 is 0 Å². The number of hydrogen-bond donors (Lipinski definition) is 1. The molecule has 5 rings (SSSR count). The number of nitrogens with zero attached hydrogens (tertiary/aromatic N) is 3. The minimum atomic E-state index is -0.352. The molecule has 0 unspecified atom stereocenters. The third-order valence-corrected chi connectivity index (χ3v) is 5.82. The highest BCUT2D eigenvalue weighted by Crippen LogP contribution is 2.40. The predicted octanol–water partition coefficient (Wildman–Crippen LogP) is 3.84. The standard InChI is InChI=1S/C23H21FN4O2/c1-27-20(9-11-25-27)23(29)28-12-10-17-18-13-16(30-2)7-8-19(18)26-21(17)22(28)14-3-5-15(24)6-4-14/h3-9,11,13,22,26H,10,12H2,1-2H3/t22-/m1/s1. The second kappa shape index (κ2) is 7.02. The molecule has 1 N–H and O–H groups in total. The molecule has 0 aliphatic carbocycles. The summed E-state index contributed by atoms with van der Waals surface area (Å²) < 4.78 is 20.6. The number of halogens is 1. The van der Waals surface area contributed by atoms with Crippen molar-refractivity contribution in [2.75, 3.05) is 13.7 Å². The molecule has 1 amide bonds. The lowest BCUT2D eigenvalue weighted by Crippen LogP contribution is -2.41. The van der Waals surface area contributed by atoms with Crippen molar-refractivity contribution in [3.05, 3.63) is 83.1 Å². The van der Waals surface area contributed by atoms with Gasteiger partial charge in [-0.3, -0.25) is 9.48 Å². The van der Waals surface area contributed by atoms with Crippen molar-refractivity contribution >= 4 is 16.8 Å². The van der Waals surface area contributed by atoms with Crippen LogP contribution in [-0.4, -0.2) is 39.2 Å². The Bertz CT molecular complexity index is 1240. The van der Waals surface area contributed by atoms with Crippen molar-refractivity contribution in [3.63, 3.8) is 0 Å². The number of methoxy groups -OCH3 is 1. The fourth-order valence-electron chi connectivity index (χ4n) is 4.34. The minimum absolute atomic E-state index is 0.105. The van der Waals surface area contributed by atoms with Crippen LogP contribution in [0.15, 0.2) is 54.7 Å².